The van der Waals surface area contributed by atoms with Crippen LogP contribution in [0.1, 0.15) is 6.42 Å². The summed E-state index contributed by atoms with van der Waals surface area (Å²) in [6.45, 7) is -0.230. The molecule has 0 unspecified atom stereocenters. The lowest BCUT2D eigenvalue weighted by atomic mass is 10.3. The molecule has 0 radical (unpaired) electrons. The quantitative estimate of drug-likeness (QED) is 0.827. The number of carbonyl (C=O) groups excluding carboxylic acids is 1. The van der Waals surface area contributed by atoms with Gasteiger partial charge in [-0.15, -0.1) is 0 Å². The first-order valence-corrected chi connectivity index (χ1v) is 5.34. The Kier molecular flexibility index (Phi) is 5.10. The minimum absolute atomic E-state index is 0.00233. The van der Waals surface area contributed by atoms with Crippen molar-refractivity contribution in [1.29, 1.82) is 0 Å². The second-order valence-corrected chi connectivity index (χ2v) is 3.68. The van der Waals surface area contributed by atoms with Gasteiger partial charge in [0, 0.05) is 13.6 Å². The van der Waals surface area contributed by atoms with Gasteiger partial charge in [0.2, 0.25) is 0 Å². The number of amides is 1. The Morgan fingerprint density at radius 1 is 1.39 bits per heavy atom. The van der Waals surface area contributed by atoms with E-state index in [4.69, 9.17) is 9.84 Å². The van der Waals surface area contributed by atoms with Crippen LogP contribution in [0.2, 0.25) is 0 Å². The second kappa shape index (κ2) is 6.58. The summed E-state index contributed by atoms with van der Waals surface area (Å²) in [6.07, 6.45) is -0.137. The Hall–Kier alpha value is -2.11. The molecule has 18 heavy (non-hydrogen) atoms. The molecule has 1 rings (SSSR count). The van der Waals surface area contributed by atoms with Gasteiger partial charge in [0.15, 0.2) is 18.2 Å². The lowest BCUT2D eigenvalue weighted by Gasteiger charge is -2.16. The van der Waals surface area contributed by atoms with Crippen LogP contribution in [0, 0.1) is 5.82 Å². The van der Waals surface area contributed by atoms with Crippen LogP contribution in [0.5, 0.6) is 5.75 Å². The van der Waals surface area contributed by atoms with Crippen molar-refractivity contribution in [2.45, 2.75) is 6.42 Å². The number of hydrogen-bond acceptors (Lipinski definition) is 3. The van der Waals surface area contributed by atoms with Gasteiger partial charge in [0.25, 0.3) is 5.91 Å². The van der Waals surface area contributed by atoms with E-state index in [-0.39, 0.29) is 25.3 Å². The van der Waals surface area contributed by atoms with Crippen LogP contribution < -0.4 is 4.74 Å². The van der Waals surface area contributed by atoms with Crippen molar-refractivity contribution < 1.29 is 23.8 Å². The summed E-state index contributed by atoms with van der Waals surface area (Å²) in [7, 11) is 1.47. The molecule has 1 N–H and O–H groups in total. The van der Waals surface area contributed by atoms with E-state index in [1.54, 1.807) is 6.07 Å². The highest BCUT2D eigenvalue weighted by atomic mass is 19.1. The number of para-hydroxylation sites is 1. The number of carbonyl (C=O) groups is 2. The van der Waals surface area contributed by atoms with Crippen LogP contribution >= 0.6 is 0 Å². The molecular weight excluding hydrogens is 241 g/mol. The molecule has 0 fully saturated rings. The van der Waals surface area contributed by atoms with Gasteiger partial charge < -0.3 is 14.7 Å². The van der Waals surface area contributed by atoms with Gasteiger partial charge in [-0.25, -0.2) is 4.39 Å². The molecule has 6 heteroatoms. The summed E-state index contributed by atoms with van der Waals surface area (Å²) in [4.78, 5) is 23.1. The molecule has 0 atom stereocenters. The number of rotatable bonds is 6. The van der Waals surface area contributed by atoms with Crippen LogP contribution in [0.3, 0.4) is 0 Å². The van der Waals surface area contributed by atoms with Gasteiger partial charge in [-0.3, -0.25) is 9.59 Å². The second-order valence-electron chi connectivity index (χ2n) is 3.68. The van der Waals surface area contributed by atoms with Crippen LogP contribution in [0.4, 0.5) is 4.39 Å². The fourth-order valence-electron chi connectivity index (χ4n) is 1.20. The zero-order chi connectivity index (χ0) is 13.5. The fraction of sp³-hybridized carbons (Fsp3) is 0.333. The van der Waals surface area contributed by atoms with Gasteiger partial charge in [-0.2, -0.15) is 0 Å². The first-order chi connectivity index (χ1) is 8.50. The minimum Gasteiger partial charge on any atom is -0.481 e. The molecule has 0 saturated carbocycles. The number of halogens is 1. The molecule has 1 aromatic rings. The molecule has 0 aliphatic carbocycles. The van der Waals surface area contributed by atoms with Crippen molar-refractivity contribution in [2.24, 2.45) is 0 Å². The summed E-state index contributed by atoms with van der Waals surface area (Å²) in [5, 5.41) is 8.47. The maximum Gasteiger partial charge on any atom is 0.305 e. The van der Waals surface area contributed by atoms with E-state index >= 15 is 0 Å². The number of benzene rings is 1. The topological polar surface area (TPSA) is 66.8 Å². The van der Waals surface area contributed by atoms with E-state index < -0.39 is 17.7 Å². The van der Waals surface area contributed by atoms with Gasteiger partial charge in [-0.1, -0.05) is 12.1 Å². The van der Waals surface area contributed by atoms with Gasteiger partial charge >= 0.3 is 5.97 Å². The highest BCUT2D eigenvalue weighted by molar-refractivity contribution is 5.78. The number of carboxylic acids is 1. The SMILES string of the molecule is CN(CCC(=O)O)C(=O)COc1ccccc1F. The average molecular weight is 255 g/mol. The van der Waals surface area contributed by atoms with Crippen LogP contribution in [-0.2, 0) is 9.59 Å². The number of likely N-dealkylation sites (N-methyl/N-ethyl adjacent to an activating group) is 1. The van der Waals surface area contributed by atoms with Gasteiger partial charge in [0.1, 0.15) is 0 Å². The summed E-state index contributed by atoms with van der Waals surface area (Å²) in [5.74, 6) is -1.93. The largest absolute Gasteiger partial charge is 0.481 e. The number of hydrogen-bond donors (Lipinski definition) is 1. The van der Waals surface area contributed by atoms with E-state index in [0.29, 0.717) is 0 Å². The van der Waals surface area contributed by atoms with E-state index in [9.17, 15) is 14.0 Å². The molecule has 1 aromatic carbocycles. The Morgan fingerprint density at radius 3 is 2.67 bits per heavy atom. The van der Waals surface area contributed by atoms with E-state index in [1.807, 2.05) is 0 Å². The first kappa shape index (κ1) is 14.0. The predicted octanol–water partition coefficient (Wildman–Crippen LogP) is 1.14. The molecule has 0 aliphatic rings. The standard InChI is InChI=1S/C12H14FNO4/c1-14(7-6-12(16)17)11(15)8-18-10-5-3-2-4-9(10)13/h2-5H,6-8H2,1H3,(H,16,17). The highest BCUT2D eigenvalue weighted by Crippen LogP contribution is 2.15. The molecule has 0 aromatic heterocycles. The van der Waals surface area contributed by atoms with Crippen molar-refractivity contribution in [2.75, 3.05) is 20.2 Å². The van der Waals surface area contributed by atoms with Crippen molar-refractivity contribution in [3.8, 4) is 5.75 Å². The summed E-state index contributed by atoms with van der Waals surface area (Å²) in [6, 6.07) is 5.76. The van der Waals surface area contributed by atoms with Crippen molar-refractivity contribution in [3.05, 3.63) is 30.1 Å². The van der Waals surface area contributed by atoms with Crippen molar-refractivity contribution in [3.63, 3.8) is 0 Å². The molecular formula is C12H14FNO4. The van der Waals surface area contributed by atoms with Crippen LogP contribution in [-0.4, -0.2) is 42.1 Å². The number of ether oxygens (including phenoxy) is 1. The number of nitrogens with zero attached hydrogens (tertiary/aromatic N) is 1. The first-order valence-electron chi connectivity index (χ1n) is 5.34. The lowest BCUT2D eigenvalue weighted by Crippen LogP contribution is -2.33. The monoisotopic (exact) mass is 255 g/mol. The van der Waals surface area contributed by atoms with Gasteiger partial charge in [0.05, 0.1) is 6.42 Å². The third-order valence-corrected chi connectivity index (χ3v) is 2.27. The molecule has 0 aliphatic heterocycles. The minimum atomic E-state index is -0.982. The maximum atomic E-state index is 13.2. The number of aliphatic carboxylic acids is 1. The molecule has 0 bridgehead atoms. The molecule has 0 saturated heterocycles. The van der Waals surface area contributed by atoms with Crippen LogP contribution in [0.25, 0.3) is 0 Å². The molecule has 98 valence electrons. The highest BCUT2D eigenvalue weighted by Gasteiger charge is 2.12. The van der Waals surface area contributed by atoms with Crippen molar-refractivity contribution in [1.82, 2.24) is 4.90 Å². The van der Waals surface area contributed by atoms with E-state index in [0.717, 1.165) is 0 Å². The molecule has 1 amide bonds. The smallest absolute Gasteiger partial charge is 0.305 e. The zero-order valence-electron chi connectivity index (χ0n) is 9.93. The molecule has 0 heterocycles. The number of carboxylic acid groups (broad SMARTS) is 1. The van der Waals surface area contributed by atoms with Gasteiger partial charge in [-0.05, 0) is 12.1 Å². The summed E-state index contributed by atoms with van der Waals surface area (Å²) in [5.41, 5.74) is 0. The van der Waals surface area contributed by atoms with Crippen LogP contribution in [0.15, 0.2) is 24.3 Å². The zero-order valence-corrected chi connectivity index (χ0v) is 9.93. The van der Waals surface area contributed by atoms with E-state index in [2.05, 4.69) is 0 Å². The Morgan fingerprint density at radius 2 is 2.06 bits per heavy atom. The Labute approximate surface area is 104 Å². The molecule has 0 spiro atoms. The average Bonchev–Trinajstić information content (AvgIpc) is 2.34. The predicted molar refractivity (Wildman–Crippen MR) is 61.8 cm³/mol. The summed E-state index contributed by atoms with van der Waals surface area (Å²) < 4.78 is 18.2. The lowest BCUT2D eigenvalue weighted by molar-refractivity contribution is -0.138. The molecule has 5 nitrogen and oxygen atoms in total. The Bertz CT molecular complexity index is 436. The third-order valence-electron chi connectivity index (χ3n) is 2.27. The maximum absolute atomic E-state index is 13.2. The normalized spacial score (nSPS) is 9.89. The summed E-state index contributed by atoms with van der Waals surface area (Å²) >= 11 is 0. The van der Waals surface area contributed by atoms with Crippen molar-refractivity contribution >= 4 is 11.9 Å². The van der Waals surface area contributed by atoms with E-state index in [1.165, 1.54) is 30.1 Å². The fourth-order valence-corrected chi connectivity index (χ4v) is 1.20. The Balaban J connectivity index is 2.41. The third kappa shape index (κ3) is 4.40.